The number of benzene rings is 2. The number of nitrogens with zero attached hydrogens (tertiary/aromatic N) is 2. The van der Waals surface area contributed by atoms with Gasteiger partial charge < -0.3 is 8.98 Å². The Morgan fingerprint density at radius 2 is 1.73 bits per heavy atom. The van der Waals surface area contributed by atoms with Gasteiger partial charge in [-0.05, 0) is 30.3 Å². The van der Waals surface area contributed by atoms with Crippen molar-refractivity contribution < 1.29 is 30.4 Å². The van der Waals surface area contributed by atoms with Crippen LogP contribution in [0.25, 0.3) is 33.3 Å². The van der Waals surface area contributed by atoms with Crippen LogP contribution in [-0.2, 0) is 23.1 Å². The van der Waals surface area contributed by atoms with Gasteiger partial charge in [0.1, 0.15) is 22.6 Å². The molecule has 0 aliphatic rings. The molecule has 0 spiro atoms. The largest absolute Gasteiger partial charge is 0.453 e. The molecule has 0 bridgehead atoms. The number of sulfone groups is 1. The predicted molar refractivity (Wildman–Crippen MR) is 100 cm³/mol. The molecule has 156 valence electrons. The summed E-state index contributed by atoms with van der Waals surface area (Å²) in [5, 5.41) is -0.261. The number of hydrogen-bond acceptors (Lipinski definition) is 5. The van der Waals surface area contributed by atoms with Crippen LogP contribution in [0.2, 0.25) is 0 Å². The van der Waals surface area contributed by atoms with Crippen molar-refractivity contribution >= 4 is 31.8 Å². The Kier molecular flexibility index (Phi) is 4.28. The van der Waals surface area contributed by atoms with Crippen molar-refractivity contribution in [2.24, 2.45) is 7.05 Å². The van der Waals surface area contributed by atoms with E-state index in [0.29, 0.717) is 10.1 Å². The van der Waals surface area contributed by atoms with Crippen LogP contribution >= 0.6 is 0 Å². The fourth-order valence-corrected chi connectivity index (χ4v) is 3.83. The van der Waals surface area contributed by atoms with Crippen LogP contribution in [-0.4, -0.2) is 24.2 Å². The number of alkyl halides is 3. The second-order valence-electron chi connectivity index (χ2n) is 6.70. The SMILES string of the molecule is Cn1c(C(F)(F)F)nc2c3oc(-c4ccc(S(C)(=O)=O)cc4)cc(=O)c3cc(F)c21. The Morgan fingerprint density at radius 3 is 2.30 bits per heavy atom. The van der Waals surface area contributed by atoms with Crippen molar-refractivity contribution in [3.05, 3.63) is 58.3 Å². The number of imidazole rings is 1. The molecule has 2 aromatic heterocycles. The van der Waals surface area contributed by atoms with Crippen LogP contribution in [0.1, 0.15) is 5.82 Å². The van der Waals surface area contributed by atoms with Crippen molar-refractivity contribution in [3.8, 4) is 11.3 Å². The monoisotopic (exact) mass is 440 g/mol. The van der Waals surface area contributed by atoms with Gasteiger partial charge in [0.2, 0.25) is 5.82 Å². The van der Waals surface area contributed by atoms with E-state index in [1.807, 2.05) is 0 Å². The summed E-state index contributed by atoms with van der Waals surface area (Å²) in [6.45, 7) is 0. The Bertz CT molecular complexity index is 1480. The quantitative estimate of drug-likeness (QED) is 0.442. The zero-order valence-electron chi connectivity index (χ0n) is 15.4. The molecule has 0 N–H and O–H groups in total. The standard InChI is InChI=1S/C19H12F4N2O4S/c1-25-16-12(20)7-11-13(26)8-14(9-3-5-10(6-4-9)30(2,27)28)29-17(11)15(16)24-18(25)19(21,22)23/h3-8H,1-2H3. The van der Waals surface area contributed by atoms with E-state index < -0.39 is 44.1 Å². The van der Waals surface area contributed by atoms with E-state index in [-0.39, 0.29) is 21.6 Å². The molecule has 0 fully saturated rings. The topological polar surface area (TPSA) is 82.2 Å². The van der Waals surface area contributed by atoms with Crippen LogP contribution in [0.3, 0.4) is 0 Å². The first kappa shape index (κ1) is 20.1. The van der Waals surface area contributed by atoms with E-state index in [9.17, 15) is 30.8 Å². The molecular formula is C19H12F4N2O4S. The Labute approximate surface area is 166 Å². The minimum absolute atomic E-state index is 0.0281. The second kappa shape index (κ2) is 6.39. The molecule has 0 radical (unpaired) electrons. The number of halogens is 4. The lowest BCUT2D eigenvalue weighted by Crippen LogP contribution is -2.12. The summed E-state index contributed by atoms with van der Waals surface area (Å²) in [4.78, 5) is 16.0. The fourth-order valence-electron chi connectivity index (χ4n) is 3.20. The van der Waals surface area contributed by atoms with Gasteiger partial charge in [-0.2, -0.15) is 13.2 Å². The van der Waals surface area contributed by atoms with Gasteiger partial charge >= 0.3 is 6.18 Å². The molecule has 30 heavy (non-hydrogen) atoms. The molecule has 0 amide bonds. The molecule has 4 rings (SSSR count). The molecule has 0 unspecified atom stereocenters. The first-order valence-corrected chi connectivity index (χ1v) is 10.3. The summed E-state index contributed by atoms with van der Waals surface area (Å²) < 4.78 is 83.5. The molecular weight excluding hydrogens is 428 g/mol. The lowest BCUT2D eigenvalue weighted by Gasteiger charge is -2.06. The average Bonchev–Trinajstić information content (AvgIpc) is 3.01. The predicted octanol–water partition coefficient (Wildman–Crippen LogP) is 3.91. The van der Waals surface area contributed by atoms with Gasteiger partial charge in [-0.1, -0.05) is 0 Å². The number of hydrogen-bond donors (Lipinski definition) is 0. The van der Waals surface area contributed by atoms with E-state index in [4.69, 9.17) is 4.42 Å². The summed E-state index contributed by atoms with van der Waals surface area (Å²) in [7, 11) is -2.43. The summed E-state index contributed by atoms with van der Waals surface area (Å²) in [6.07, 6.45) is -3.81. The van der Waals surface area contributed by atoms with Crippen LogP contribution in [0.5, 0.6) is 0 Å². The molecule has 4 aromatic rings. The highest BCUT2D eigenvalue weighted by molar-refractivity contribution is 7.90. The van der Waals surface area contributed by atoms with Gasteiger partial charge in [0.25, 0.3) is 0 Å². The van der Waals surface area contributed by atoms with E-state index >= 15 is 0 Å². The zero-order valence-corrected chi connectivity index (χ0v) is 16.2. The Balaban J connectivity index is 2.02. The highest BCUT2D eigenvalue weighted by Gasteiger charge is 2.38. The zero-order chi connectivity index (χ0) is 22.0. The van der Waals surface area contributed by atoms with Gasteiger partial charge in [0.05, 0.1) is 10.3 Å². The lowest BCUT2D eigenvalue weighted by atomic mass is 10.1. The third-order valence-electron chi connectivity index (χ3n) is 4.61. The molecule has 0 aliphatic heterocycles. The molecule has 2 aromatic carbocycles. The number of rotatable bonds is 2. The van der Waals surface area contributed by atoms with Crippen molar-refractivity contribution in [2.45, 2.75) is 11.1 Å². The van der Waals surface area contributed by atoms with Gasteiger partial charge in [-0.25, -0.2) is 17.8 Å². The summed E-state index contributed by atoms with van der Waals surface area (Å²) >= 11 is 0. The number of fused-ring (bicyclic) bond motifs is 3. The highest BCUT2D eigenvalue weighted by atomic mass is 32.2. The number of aromatic nitrogens is 2. The normalized spacial score (nSPS) is 12.7. The minimum Gasteiger partial charge on any atom is -0.453 e. The highest BCUT2D eigenvalue weighted by Crippen LogP contribution is 2.35. The molecule has 0 saturated heterocycles. The van der Waals surface area contributed by atoms with Crippen LogP contribution in [0.15, 0.2) is 50.5 Å². The van der Waals surface area contributed by atoms with Gasteiger partial charge in [0, 0.05) is 24.9 Å². The molecule has 2 heterocycles. The van der Waals surface area contributed by atoms with Crippen molar-refractivity contribution in [1.29, 1.82) is 0 Å². The minimum atomic E-state index is -4.84. The second-order valence-corrected chi connectivity index (χ2v) is 8.71. The Hall–Kier alpha value is -3.21. The van der Waals surface area contributed by atoms with Crippen molar-refractivity contribution in [3.63, 3.8) is 0 Å². The van der Waals surface area contributed by atoms with Gasteiger partial charge in [-0.3, -0.25) is 4.79 Å². The summed E-state index contributed by atoms with van der Waals surface area (Å²) in [5.41, 5.74) is -1.56. The molecule has 6 nitrogen and oxygen atoms in total. The van der Waals surface area contributed by atoms with Crippen molar-refractivity contribution in [2.75, 3.05) is 6.26 Å². The van der Waals surface area contributed by atoms with E-state index in [2.05, 4.69) is 4.98 Å². The maximum absolute atomic E-state index is 14.5. The van der Waals surface area contributed by atoms with Crippen LogP contribution < -0.4 is 5.43 Å². The molecule has 11 heteroatoms. The smallest absolute Gasteiger partial charge is 0.449 e. The lowest BCUT2D eigenvalue weighted by molar-refractivity contribution is -0.146. The third-order valence-corrected chi connectivity index (χ3v) is 5.74. The van der Waals surface area contributed by atoms with E-state index in [1.54, 1.807) is 0 Å². The first-order chi connectivity index (χ1) is 13.9. The maximum atomic E-state index is 14.5. The van der Waals surface area contributed by atoms with Gasteiger partial charge in [0.15, 0.2) is 20.8 Å². The van der Waals surface area contributed by atoms with E-state index in [0.717, 1.165) is 25.4 Å². The van der Waals surface area contributed by atoms with Gasteiger partial charge in [-0.15, -0.1) is 0 Å². The van der Waals surface area contributed by atoms with E-state index in [1.165, 1.54) is 24.3 Å². The van der Waals surface area contributed by atoms with Crippen LogP contribution in [0.4, 0.5) is 17.6 Å². The fraction of sp³-hybridized carbons (Fsp3) is 0.158. The molecule has 0 aliphatic carbocycles. The third kappa shape index (κ3) is 3.15. The van der Waals surface area contributed by atoms with Crippen LogP contribution in [0, 0.1) is 5.82 Å². The summed E-state index contributed by atoms with van der Waals surface area (Å²) in [5.74, 6) is -2.41. The first-order valence-electron chi connectivity index (χ1n) is 8.38. The molecule has 0 atom stereocenters. The summed E-state index contributed by atoms with van der Waals surface area (Å²) in [6, 6.07) is 7.25. The molecule has 0 saturated carbocycles. The Morgan fingerprint density at radius 1 is 1.10 bits per heavy atom. The average molecular weight is 440 g/mol. The van der Waals surface area contributed by atoms with Crippen molar-refractivity contribution in [1.82, 2.24) is 9.55 Å². The number of aryl methyl sites for hydroxylation is 1. The maximum Gasteiger partial charge on any atom is 0.449 e.